The number of hydrogen-bond donors (Lipinski definition) is 1. The number of nitrogens with one attached hydrogen (secondary N) is 1. The number of hydrogen-bond acceptors (Lipinski definition) is 4. The summed E-state index contributed by atoms with van der Waals surface area (Å²) >= 11 is 0. The van der Waals surface area contributed by atoms with Crippen molar-refractivity contribution in [2.75, 3.05) is 26.8 Å². The van der Waals surface area contributed by atoms with Gasteiger partial charge in [-0.1, -0.05) is 12.1 Å². The first-order chi connectivity index (χ1) is 12.1. The molecule has 1 aromatic carbocycles. The molecule has 134 valence electrons. The van der Waals surface area contributed by atoms with E-state index in [1.165, 1.54) is 0 Å². The zero-order valence-corrected chi connectivity index (χ0v) is 15.0. The SMILES string of the molecule is COCCN1C[C@H](c2ncc(-c3cccc(OC(C)C)c3)[nH]2)CC1=O. The van der Waals surface area contributed by atoms with Crippen LogP contribution >= 0.6 is 0 Å². The maximum atomic E-state index is 12.1. The van der Waals surface area contributed by atoms with Crippen LogP contribution in [-0.4, -0.2) is 53.7 Å². The van der Waals surface area contributed by atoms with Crippen molar-refractivity contribution in [3.63, 3.8) is 0 Å². The standard InChI is InChI=1S/C19H25N3O3/c1-13(2)25-16-6-4-5-14(9-16)17-11-20-19(21-17)15-10-18(23)22(12-15)7-8-24-3/h4-6,9,11,13,15H,7-8,10,12H2,1-3H3,(H,20,21)/t15-/m1/s1. The van der Waals surface area contributed by atoms with E-state index in [0.29, 0.717) is 26.1 Å². The number of nitrogens with zero attached hydrogens (tertiary/aromatic N) is 2. The molecule has 1 aromatic heterocycles. The van der Waals surface area contributed by atoms with Crippen LogP contribution in [0.15, 0.2) is 30.5 Å². The van der Waals surface area contributed by atoms with E-state index in [9.17, 15) is 4.79 Å². The summed E-state index contributed by atoms with van der Waals surface area (Å²) < 4.78 is 10.8. The highest BCUT2D eigenvalue weighted by molar-refractivity contribution is 5.79. The molecule has 25 heavy (non-hydrogen) atoms. The molecule has 1 aliphatic heterocycles. The molecule has 0 radical (unpaired) electrons. The Morgan fingerprint density at radius 3 is 3.00 bits per heavy atom. The fraction of sp³-hybridized carbons (Fsp3) is 0.474. The molecule has 0 bridgehead atoms. The lowest BCUT2D eigenvalue weighted by Gasteiger charge is -2.15. The lowest BCUT2D eigenvalue weighted by atomic mass is 10.1. The van der Waals surface area contributed by atoms with Crippen LogP contribution in [0.4, 0.5) is 0 Å². The van der Waals surface area contributed by atoms with Crippen LogP contribution in [0.5, 0.6) is 5.75 Å². The third kappa shape index (κ3) is 4.20. The fourth-order valence-electron chi connectivity index (χ4n) is 3.07. The third-order valence-electron chi connectivity index (χ3n) is 4.28. The maximum Gasteiger partial charge on any atom is 0.223 e. The summed E-state index contributed by atoms with van der Waals surface area (Å²) in [6, 6.07) is 7.94. The first kappa shape index (κ1) is 17.5. The number of likely N-dealkylation sites (tertiary alicyclic amines) is 1. The van der Waals surface area contributed by atoms with Gasteiger partial charge in [-0.05, 0) is 26.0 Å². The molecule has 0 unspecified atom stereocenters. The molecule has 2 aromatic rings. The van der Waals surface area contributed by atoms with Crippen LogP contribution in [0.3, 0.4) is 0 Å². The molecular weight excluding hydrogens is 318 g/mol. The van der Waals surface area contributed by atoms with Crippen molar-refractivity contribution in [1.29, 1.82) is 0 Å². The third-order valence-corrected chi connectivity index (χ3v) is 4.28. The van der Waals surface area contributed by atoms with Gasteiger partial charge in [-0.25, -0.2) is 4.98 Å². The Labute approximate surface area is 148 Å². The van der Waals surface area contributed by atoms with Gasteiger partial charge in [-0.15, -0.1) is 0 Å². The van der Waals surface area contributed by atoms with Crippen LogP contribution in [0.25, 0.3) is 11.3 Å². The van der Waals surface area contributed by atoms with Crippen molar-refractivity contribution in [2.45, 2.75) is 32.3 Å². The summed E-state index contributed by atoms with van der Waals surface area (Å²) in [5.74, 6) is 1.96. The molecular formula is C19H25N3O3. The second-order valence-electron chi connectivity index (χ2n) is 6.61. The van der Waals surface area contributed by atoms with Crippen LogP contribution < -0.4 is 4.74 Å². The van der Waals surface area contributed by atoms with Crippen molar-refractivity contribution in [2.24, 2.45) is 0 Å². The van der Waals surface area contributed by atoms with E-state index in [2.05, 4.69) is 9.97 Å². The predicted octanol–water partition coefficient (Wildman–Crippen LogP) is 2.83. The molecule has 1 N–H and O–H groups in total. The van der Waals surface area contributed by atoms with Gasteiger partial charge in [0.2, 0.25) is 5.91 Å². The number of aromatic amines is 1. The minimum atomic E-state index is 0.105. The second kappa shape index (κ2) is 7.70. The van der Waals surface area contributed by atoms with Gasteiger partial charge in [-0.3, -0.25) is 4.79 Å². The normalized spacial score (nSPS) is 17.5. The number of methoxy groups -OCH3 is 1. The first-order valence-corrected chi connectivity index (χ1v) is 8.65. The van der Waals surface area contributed by atoms with Crippen molar-refractivity contribution in [3.05, 3.63) is 36.3 Å². The molecule has 0 aliphatic carbocycles. The lowest BCUT2D eigenvalue weighted by Crippen LogP contribution is -2.28. The van der Waals surface area contributed by atoms with E-state index in [-0.39, 0.29) is 17.9 Å². The highest BCUT2D eigenvalue weighted by atomic mass is 16.5. The van der Waals surface area contributed by atoms with Gasteiger partial charge in [0.15, 0.2) is 0 Å². The van der Waals surface area contributed by atoms with Crippen LogP contribution in [0.1, 0.15) is 32.0 Å². The molecule has 0 saturated carbocycles. The van der Waals surface area contributed by atoms with Crippen molar-refractivity contribution in [3.8, 4) is 17.0 Å². The number of aromatic nitrogens is 2. The number of carbonyl (C=O) groups is 1. The van der Waals surface area contributed by atoms with Gasteiger partial charge >= 0.3 is 0 Å². The van der Waals surface area contributed by atoms with E-state index in [0.717, 1.165) is 22.8 Å². The molecule has 1 amide bonds. The van der Waals surface area contributed by atoms with E-state index in [4.69, 9.17) is 9.47 Å². The average molecular weight is 343 g/mol. The molecule has 2 heterocycles. The average Bonchev–Trinajstić information content (AvgIpc) is 3.19. The van der Waals surface area contributed by atoms with Gasteiger partial charge in [0.1, 0.15) is 11.6 Å². The van der Waals surface area contributed by atoms with E-state index in [1.54, 1.807) is 7.11 Å². The van der Waals surface area contributed by atoms with E-state index in [1.807, 2.05) is 49.2 Å². The molecule has 1 atom stereocenters. The van der Waals surface area contributed by atoms with E-state index >= 15 is 0 Å². The minimum absolute atomic E-state index is 0.105. The van der Waals surface area contributed by atoms with Crippen LogP contribution in [0, 0.1) is 0 Å². The minimum Gasteiger partial charge on any atom is -0.491 e. The summed E-state index contributed by atoms with van der Waals surface area (Å²) in [5.41, 5.74) is 1.96. The molecule has 6 heteroatoms. The van der Waals surface area contributed by atoms with E-state index < -0.39 is 0 Å². The predicted molar refractivity (Wildman–Crippen MR) is 95.6 cm³/mol. The number of amides is 1. The smallest absolute Gasteiger partial charge is 0.223 e. The van der Waals surface area contributed by atoms with Crippen molar-refractivity contribution < 1.29 is 14.3 Å². The summed E-state index contributed by atoms with van der Waals surface area (Å²) in [6.07, 6.45) is 2.45. The topological polar surface area (TPSA) is 67.5 Å². The summed E-state index contributed by atoms with van der Waals surface area (Å²) in [5, 5.41) is 0. The number of rotatable bonds is 7. The Balaban J connectivity index is 1.72. The second-order valence-corrected chi connectivity index (χ2v) is 6.61. The molecule has 1 aliphatic rings. The van der Waals surface area contributed by atoms with Gasteiger partial charge < -0.3 is 19.4 Å². The Hall–Kier alpha value is -2.34. The number of imidazole rings is 1. The molecule has 0 spiro atoms. The first-order valence-electron chi connectivity index (χ1n) is 8.65. The summed E-state index contributed by atoms with van der Waals surface area (Å²) in [7, 11) is 1.65. The Morgan fingerprint density at radius 2 is 2.24 bits per heavy atom. The highest BCUT2D eigenvalue weighted by Gasteiger charge is 2.32. The largest absolute Gasteiger partial charge is 0.491 e. The number of ether oxygens (including phenoxy) is 2. The Kier molecular flexibility index (Phi) is 5.38. The van der Waals surface area contributed by atoms with Gasteiger partial charge in [0.05, 0.1) is 24.6 Å². The number of benzene rings is 1. The van der Waals surface area contributed by atoms with Gasteiger partial charge in [0.25, 0.3) is 0 Å². The molecule has 1 fully saturated rings. The number of carbonyl (C=O) groups excluding carboxylic acids is 1. The lowest BCUT2D eigenvalue weighted by molar-refractivity contribution is -0.128. The van der Waals surface area contributed by atoms with Gasteiger partial charge in [0, 0.05) is 38.1 Å². The molecule has 6 nitrogen and oxygen atoms in total. The highest BCUT2D eigenvalue weighted by Crippen LogP contribution is 2.29. The molecule has 3 rings (SSSR count). The quantitative estimate of drug-likeness (QED) is 0.839. The fourth-order valence-corrected chi connectivity index (χ4v) is 3.07. The molecule has 1 saturated heterocycles. The van der Waals surface area contributed by atoms with Gasteiger partial charge in [-0.2, -0.15) is 0 Å². The maximum absolute atomic E-state index is 12.1. The zero-order chi connectivity index (χ0) is 17.8. The van der Waals surface area contributed by atoms with Crippen molar-refractivity contribution >= 4 is 5.91 Å². The Bertz CT molecular complexity index is 726. The Morgan fingerprint density at radius 1 is 1.40 bits per heavy atom. The zero-order valence-electron chi connectivity index (χ0n) is 15.0. The number of H-pyrrole nitrogens is 1. The summed E-state index contributed by atoms with van der Waals surface area (Å²) in [4.78, 5) is 21.8. The van der Waals surface area contributed by atoms with Crippen LogP contribution in [0.2, 0.25) is 0 Å². The monoisotopic (exact) mass is 343 g/mol. The van der Waals surface area contributed by atoms with Crippen LogP contribution in [-0.2, 0) is 9.53 Å². The van der Waals surface area contributed by atoms with Crippen molar-refractivity contribution in [1.82, 2.24) is 14.9 Å². The summed E-state index contributed by atoms with van der Waals surface area (Å²) in [6.45, 7) is 5.89.